The van der Waals surface area contributed by atoms with Gasteiger partial charge in [-0.15, -0.1) is 0 Å². The van der Waals surface area contributed by atoms with Crippen molar-refractivity contribution in [3.05, 3.63) is 35.4 Å². The maximum absolute atomic E-state index is 10.3. The molecular weight excluding hydrogens is 176 g/mol. The van der Waals surface area contributed by atoms with Crippen LogP contribution in [0.3, 0.4) is 0 Å². The van der Waals surface area contributed by atoms with Gasteiger partial charge in [-0.1, -0.05) is 24.3 Å². The van der Waals surface area contributed by atoms with Gasteiger partial charge in [0.15, 0.2) is 0 Å². The molecule has 0 heterocycles. The minimum absolute atomic E-state index is 0.0244. The standard InChI is InChI=1S/C11H16N2O/c1-12-10-9-6-4-3-5-8(9)7-11(10,14)13-2/h3-6,10,12-14H,7H2,1-2H3/t10-,11-/m0/s1. The Morgan fingerprint density at radius 1 is 1.36 bits per heavy atom. The largest absolute Gasteiger partial charge is 0.373 e. The molecule has 0 amide bonds. The van der Waals surface area contributed by atoms with Gasteiger partial charge in [0.25, 0.3) is 0 Å². The summed E-state index contributed by atoms with van der Waals surface area (Å²) in [6.07, 6.45) is 0.658. The van der Waals surface area contributed by atoms with Crippen LogP contribution in [0.2, 0.25) is 0 Å². The zero-order valence-electron chi connectivity index (χ0n) is 8.54. The van der Waals surface area contributed by atoms with Crippen molar-refractivity contribution in [1.82, 2.24) is 10.6 Å². The smallest absolute Gasteiger partial charge is 0.139 e. The Kier molecular flexibility index (Phi) is 2.31. The number of rotatable bonds is 2. The van der Waals surface area contributed by atoms with Crippen molar-refractivity contribution in [3.8, 4) is 0 Å². The molecule has 1 aliphatic rings. The van der Waals surface area contributed by atoms with Crippen LogP contribution in [0.15, 0.2) is 24.3 Å². The molecule has 1 aromatic rings. The molecule has 0 fully saturated rings. The minimum atomic E-state index is -0.849. The normalized spacial score (nSPS) is 30.4. The molecule has 3 N–H and O–H groups in total. The van der Waals surface area contributed by atoms with Crippen LogP contribution in [0, 0.1) is 0 Å². The van der Waals surface area contributed by atoms with Gasteiger partial charge in [0.05, 0.1) is 6.04 Å². The highest BCUT2D eigenvalue weighted by Gasteiger charge is 2.42. The van der Waals surface area contributed by atoms with Crippen molar-refractivity contribution < 1.29 is 5.11 Å². The van der Waals surface area contributed by atoms with Crippen LogP contribution < -0.4 is 10.6 Å². The fourth-order valence-corrected chi connectivity index (χ4v) is 2.25. The highest BCUT2D eigenvalue weighted by molar-refractivity contribution is 5.38. The zero-order chi connectivity index (χ0) is 10.2. The third kappa shape index (κ3) is 1.25. The van der Waals surface area contributed by atoms with Gasteiger partial charge < -0.3 is 10.4 Å². The van der Waals surface area contributed by atoms with E-state index in [2.05, 4.69) is 22.8 Å². The van der Waals surface area contributed by atoms with Gasteiger partial charge in [0.1, 0.15) is 5.72 Å². The second kappa shape index (κ2) is 3.35. The third-order valence-corrected chi connectivity index (χ3v) is 3.03. The molecule has 14 heavy (non-hydrogen) atoms. The summed E-state index contributed by atoms with van der Waals surface area (Å²) in [6.45, 7) is 0. The van der Waals surface area contributed by atoms with E-state index in [9.17, 15) is 5.11 Å². The molecule has 0 saturated carbocycles. The second-order valence-electron chi connectivity index (χ2n) is 3.77. The van der Waals surface area contributed by atoms with Crippen LogP contribution >= 0.6 is 0 Å². The first-order valence-corrected chi connectivity index (χ1v) is 4.87. The van der Waals surface area contributed by atoms with Crippen LogP contribution in [-0.2, 0) is 6.42 Å². The van der Waals surface area contributed by atoms with Crippen molar-refractivity contribution in [2.75, 3.05) is 14.1 Å². The van der Waals surface area contributed by atoms with E-state index in [1.807, 2.05) is 19.2 Å². The van der Waals surface area contributed by atoms with Gasteiger partial charge >= 0.3 is 0 Å². The average molecular weight is 192 g/mol. The number of nitrogens with one attached hydrogen (secondary N) is 2. The van der Waals surface area contributed by atoms with E-state index < -0.39 is 5.72 Å². The number of benzene rings is 1. The summed E-state index contributed by atoms with van der Waals surface area (Å²) in [7, 11) is 3.66. The molecule has 3 nitrogen and oxygen atoms in total. The van der Waals surface area contributed by atoms with E-state index in [4.69, 9.17) is 0 Å². The number of fused-ring (bicyclic) bond motifs is 1. The van der Waals surface area contributed by atoms with Gasteiger partial charge in [0, 0.05) is 6.42 Å². The lowest BCUT2D eigenvalue weighted by atomic mass is 10.1. The second-order valence-corrected chi connectivity index (χ2v) is 3.77. The number of hydrogen-bond acceptors (Lipinski definition) is 3. The first kappa shape index (κ1) is 9.65. The van der Waals surface area contributed by atoms with Crippen LogP contribution in [0.4, 0.5) is 0 Å². The van der Waals surface area contributed by atoms with E-state index in [0.29, 0.717) is 6.42 Å². The van der Waals surface area contributed by atoms with Gasteiger partial charge in [-0.3, -0.25) is 5.32 Å². The molecule has 1 aliphatic carbocycles. The van der Waals surface area contributed by atoms with Gasteiger partial charge in [-0.05, 0) is 25.2 Å². The molecule has 0 aromatic heterocycles. The fraction of sp³-hybridized carbons (Fsp3) is 0.455. The quantitative estimate of drug-likeness (QED) is 0.595. The molecule has 76 valence electrons. The summed E-state index contributed by atoms with van der Waals surface area (Å²) in [6, 6.07) is 8.11. The molecule has 0 radical (unpaired) electrons. The Bertz CT molecular complexity index is 340. The maximum atomic E-state index is 10.3. The number of aliphatic hydroxyl groups is 1. The Balaban J connectivity index is 2.43. The van der Waals surface area contributed by atoms with E-state index in [1.165, 1.54) is 11.1 Å². The van der Waals surface area contributed by atoms with Crippen molar-refractivity contribution in [2.24, 2.45) is 0 Å². The Labute approximate surface area is 84.1 Å². The molecular formula is C11H16N2O. The van der Waals surface area contributed by atoms with E-state index in [1.54, 1.807) is 7.05 Å². The van der Waals surface area contributed by atoms with E-state index in [-0.39, 0.29) is 6.04 Å². The monoisotopic (exact) mass is 192 g/mol. The van der Waals surface area contributed by atoms with Crippen LogP contribution in [0.1, 0.15) is 17.2 Å². The summed E-state index contributed by atoms with van der Waals surface area (Å²) in [4.78, 5) is 0. The number of likely N-dealkylation sites (N-methyl/N-ethyl adjacent to an activating group) is 2. The molecule has 0 spiro atoms. The Morgan fingerprint density at radius 3 is 2.71 bits per heavy atom. The molecule has 3 heteroatoms. The van der Waals surface area contributed by atoms with Gasteiger partial charge in [-0.25, -0.2) is 0 Å². The lowest BCUT2D eigenvalue weighted by Gasteiger charge is -2.29. The van der Waals surface area contributed by atoms with E-state index >= 15 is 0 Å². The minimum Gasteiger partial charge on any atom is -0.373 e. The first-order chi connectivity index (χ1) is 6.71. The maximum Gasteiger partial charge on any atom is 0.139 e. The first-order valence-electron chi connectivity index (χ1n) is 4.87. The summed E-state index contributed by atoms with van der Waals surface area (Å²) >= 11 is 0. The summed E-state index contributed by atoms with van der Waals surface area (Å²) in [5, 5.41) is 16.4. The zero-order valence-corrected chi connectivity index (χ0v) is 8.54. The molecule has 2 atom stereocenters. The SMILES string of the molecule is CN[C@H]1c2ccccc2C[C@@]1(O)NC. The highest BCUT2D eigenvalue weighted by Crippen LogP contribution is 2.36. The van der Waals surface area contributed by atoms with Gasteiger partial charge in [-0.2, -0.15) is 0 Å². The van der Waals surface area contributed by atoms with Crippen molar-refractivity contribution in [1.29, 1.82) is 0 Å². The van der Waals surface area contributed by atoms with Crippen molar-refractivity contribution >= 4 is 0 Å². The fourth-order valence-electron chi connectivity index (χ4n) is 2.25. The van der Waals surface area contributed by atoms with Crippen molar-refractivity contribution in [2.45, 2.75) is 18.2 Å². The highest BCUT2D eigenvalue weighted by atomic mass is 16.3. The topological polar surface area (TPSA) is 44.3 Å². The molecule has 0 saturated heterocycles. The summed E-state index contributed by atoms with van der Waals surface area (Å²) in [5.74, 6) is 0. The van der Waals surface area contributed by atoms with E-state index in [0.717, 1.165) is 0 Å². The van der Waals surface area contributed by atoms with Crippen LogP contribution in [0.5, 0.6) is 0 Å². The predicted octanol–water partition coefficient (Wildman–Crippen LogP) is 0.411. The molecule has 0 unspecified atom stereocenters. The lowest BCUT2D eigenvalue weighted by Crippen LogP contribution is -2.50. The third-order valence-electron chi connectivity index (χ3n) is 3.03. The molecule has 0 aliphatic heterocycles. The average Bonchev–Trinajstić information content (AvgIpc) is 2.50. The van der Waals surface area contributed by atoms with Gasteiger partial charge in [0.2, 0.25) is 0 Å². The summed E-state index contributed by atoms with van der Waals surface area (Å²) in [5.41, 5.74) is 1.55. The Hall–Kier alpha value is -0.900. The van der Waals surface area contributed by atoms with Crippen LogP contribution in [-0.4, -0.2) is 24.9 Å². The van der Waals surface area contributed by atoms with Crippen LogP contribution in [0.25, 0.3) is 0 Å². The lowest BCUT2D eigenvalue weighted by molar-refractivity contribution is -0.0109. The summed E-state index contributed by atoms with van der Waals surface area (Å²) < 4.78 is 0. The molecule has 0 bridgehead atoms. The molecule has 1 aromatic carbocycles. The number of hydrogen-bond donors (Lipinski definition) is 3. The Morgan fingerprint density at radius 2 is 2.07 bits per heavy atom. The molecule has 2 rings (SSSR count). The predicted molar refractivity (Wildman–Crippen MR) is 56.0 cm³/mol. The van der Waals surface area contributed by atoms with Crippen molar-refractivity contribution in [3.63, 3.8) is 0 Å².